The first-order valence-corrected chi connectivity index (χ1v) is 17.9. The molecule has 0 bridgehead atoms. The lowest BCUT2D eigenvalue weighted by molar-refractivity contribution is -0.145. The van der Waals surface area contributed by atoms with E-state index in [1.54, 1.807) is 31.5 Å². The molecule has 0 radical (unpaired) electrons. The summed E-state index contributed by atoms with van der Waals surface area (Å²) < 4.78 is 42.3. The molecule has 1 N–H and O–H groups in total. The standard InChI is InChI=1S/C40H36N4O5S/c1-27(2)40(45)48-31-19-23-44(24-20-31)50(46,47)37-11-4-3-10-34(37)39-32-17-14-28(13-15-29-9-5-7-21-41-29)25-35(32)49-36-26-30(16-18-33(36)39)43-38-12-6-8-22-42-38/h3-14,16-18,21-22,25-26,31H,1,15,19-20,23-24H2,2H3,(H,42,43)/b28-13+. The lowest BCUT2D eigenvalue weighted by atomic mass is 9.92. The molecule has 0 amide bonds. The fraction of sp³-hybridized carbons (Fsp3) is 0.175. The van der Waals surface area contributed by atoms with Crippen molar-refractivity contribution in [1.82, 2.24) is 14.3 Å². The van der Waals surface area contributed by atoms with Crippen molar-refractivity contribution in [3.63, 3.8) is 0 Å². The second-order valence-electron chi connectivity index (χ2n) is 12.3. The van der Waals surface area contributed by atoms with E-state index in [4.69, 9.17) is 9.47 Å². The highest BCUT2D eigenvalue weighted by atomic mass is 32.2. The molecule has 4 heterocycles. The highest BCUT2D eigenvalue weighted by molar-refractivity contribution is 7.89. The van der Waals surface area contributed by atoms with Crippen LogP contribution in [0.2, 0.25) is 0 Å². The van der Waals surface area contributed by atoms with Crippen molar-refractivity contribution in [1.29, 1.82) is 0 Å². The van der Waals surface area contributed by atoms with E-state index in [9.17, 15) is 13.2 Å². The van der Waals surface area contributed by atoms with Gasteiger partial charge in [-0.1, -0.05) is 49.1 Å². The first-order valence-electron chi connectivity index (χ1n) is 16.5. The molecule has 2 aliphatic rings. The third kappa shape index (κ3) is 6.94. The molecule has 0 saturated carbocycles. The van der Waals surface area contributed by atoms with E-state index >= 15 is 0 Å². The van der Waals surface area contributed by atoms with Gasteiger partial charge < -0.3 is 14.8 Å². The van der Waals surface area contributed by atoms with Gasteiger partial charge in [-0.25, -0.2) is 18.2 Å². The van der Waals surface area contributed by atoms with Crippen LogP contribution in [0.5, 0.6) is 11.5 Å². The number of piperidine rings is 1. The van der Waals surface area contributed by atoms with Crippen LogP contribution in [0, 0.1) is 0 Å². The van der Waals surface area contributed by atoms with Gasteiger partial charge in [0.1, 0.15) is 23.4 Å². The summed E-state index contributed by atoms with van der Waals surface area (Å²) >= 11 is 0. The van der Waals surface area contributed by atoms with Gasteiger partial charge in [-0.15, -0.1) is 0 Å². The average molecular weight is 685 g/mol. The van der Waals surface area contributed by atoms with Crippen molar-refractivity contribution in [2.45, 2.75) is 37.2 Å². The SMILES string of the molecule is C=C(C)C(=O)OC1CCN(S(=O)(=O)c2ccccc2C2=c3cc/c(=C\Cc4ccccn4)cc3Oc3cc(Nc4ccccn4)ccc32)CC1. The molecule has 0 aliphatic carbocycles. The fourth-order valence-corrected chi connectivity index (χ4v) is 7.88. The van der Waals surface area contributed by atoms with E-state index in [1.807, 2.05) is 84.9 Å². The molecule has 1 fully saturated rings. The van der Waals surface area contributed by atoms with Crippen LogP contribution in [0.4, 0.5) is 11.5 Å². The Kier molecular flexibility index (Phi) is 9.29. The Morgan fingerprint density at radius 1 is 0.920 bits per heavy atom. The van der Waals surface area contributed by atoms with E-state index in [1.165, 1.54) is 4.31 Å². The lowest BCUT2D eigenvalue weighted by Crippen LogP contribution is -2.41. The van der Waals surface area contributed by atoms with Crippen molar-refractivity contribution in [3.05, 3.63) is 149 Å². The number of nitrogens with zero attached hydrogens (tertiary/aromatic N) is 3. The van der Waals surface area contributed by atoms with E-state index in [-0.39, 0.29) is 24.1 Å². The summed E-state index contributed by atoms with van der Waals surface area (Å²) in [7, 11) is -3.93. The van der Waals surface area contributed by atoms with Crippen LogP contribution < -0.4 is 20.5 Å². The third-order valence-corrected chi connectivity index (χ3v) is 10.7. The summed E-state index contributed by atoms with van der Waals surface area (Å²) in [4.78, 5) is 21.1. The molecule has 0 spiro atoms. The number of pyridine rings is 2. The number of sulfonamides is 1. The summed E-state index contributed by atoms with van der Waals surface area (Å²) in [5, 5.41) is 5.07. The maximum absolute atomic E-state index is 14.4. The van der Waals surface area contributed by atoms with Gasteiger partial charge in [-0.3, -0.25) is 4.98 Å². The molecule has 50 heavy (non-hydrogen) atoms. The van der Waals surface area contributed by atoms with Gasteiger partial charge in [0.2, 0.25) is 10.0 Å². The maximum Gasteiger partial charge on any atom is 0.333 e. The Morgan fingerprint density at radius 2 is 1.68 bits per heavy atom. The second-order valence-corrected chi connectivity index (χ2v) is 14.2. The van der Waals surface area contributed by atoms with Crippen LogP contribution in [-0.2, 0) is 26.0 Å². The average Bonchev–Trinajstić information content (AvgIpc) is 3.14. The molecule has 7 rings (SSSR count). The molecule has 10 heteroatoms. The van der Waals surface area contributed by atoms with Crippen LogP contribution in [-0.4, -0.2) is 47.9 Å². The van der Waals surface area contributed by atoms with E-state index in [0.29, 0.717) is 47.7 Å². The van der Waals surface area contributed by atoms with Crippen LogP contribution in [0.3, 0.4) is 0 Å². The number of benzene rings is 3. The first-order chi connectivity index (χ1) is 24.3. The van der Waals surface area contributed by atoms with Crippen LogP contribution >= 0.6 is 0 Å². The van der Waals surface area contributed by atoms with Gasteiger partial charge >= 0.3 is 5.97 Å². The number of fused-ring (bicyclic) bond motifs is 2. The number of carbonyl (C=O) groups is 1. The number of aromatic nitrogens is 2. The number of hydrogen-bond acceptors (Lipinski definition) is 8. The number of carbonyl (C=O) groups excluding carboxylic acids is 1. The Labute approximate surface area is 291 Å². The second kappa shape index (κ2) is 14.1. The molecular weight excluding hydrogens is 649 g/mol. The van der Waals surface area contributed by atoms with Crippen LogP contribution in [0.25, 0.3) is 11.6 Å². The summed E-state index contributed by atoms with van der Waals surface area (Å²) in [6, 6.07) is 30.4. The normalized spacial score (nSPS) is 15.1. The maximum atomic E-state index is 14.4. The molecule has 3 aromatic carbocycles. The number of ether oxygens (including phenoxy) is 2. The van der Waals surface area contributed by atoms with Crippen molar-refractivity contribution in [3.8, 4) is 11.5 Å². The fourth-order valence-electron chi connectivity index (χ4n) is 6.21. The molecule has 2 aromatic heterocycles. The van der Waals surface area contributed by atoms with Gasteiger partial charge in [0.15, 0.2) is 0 Å². The topological polar surface area (TPSA) is 111 Å². The number of nitrogens with one attached hydrogen (secondary N) is 1. The van der Waals surface area contributed by atoms with E-state index in [0.717, 1.165) is 33.0 Å². The molecule has 0 atom stereocenters. The minimum Gasteiger partial charge on any atom is -0.459 e. The van der Waals surface area contributed by atoms with Gasteiger partial charge in [-0.2, -0.15) is 4.31 Å². The summed E-state index contributed by atoms with van der Waals surface area (Å²) in [5.74, 6) is 1.43. The number of anilines is 2. The van der Waals surface area contributed by atoms with Crippen LogP contribution in [0.15, 0.2) is 127 Å². The highest BCUT2D eigenvalue weighted by Gasteiger charge is 2.34. The predicted molar refractivity (Wildman–Crippen MR) is 193 cm³/mol. The Bertz CT molecular complexity index is 2300. The Morgan fingerprint density at radius 3 is 2.42 bits per heavy atom. The van der Waals surface area contributed by atoms with E-state index < -0.39 is 16.0 Å². The van der Waals surface area contributed by atoms with Crippen molar-refractivity contribution < 1.29 is 22.7 Å². The highest BCUT2D eigenvalue weighted by Crippen LogP contribution is 2.40. The van der Waals surface area contributed by atoms with Crippen LogP contribution in [0.1, 0.15) is 36.6 Å². The molecule has 5 aromatic rings. The molecule has 252 valence electrons. The smallest absolute Gasteiger partial charge is 0.333 e. The molecule has 9 nitrogen and oxygen atoms in total. The zero-order valence-electron chi connectivity index (χ0n) is 27.6. The monoisotopic (exact) mass is 684 g/mol. The first kappa shape index (κ1) is 32.9. The third-order valence-electron chi connectivity index (χ3n) is 8.75. The predicted octanol–water partition coefficient (Wildman–Crippen LogP) is 5.87. The lowest BCUT2D eigenvalue weighted by Gasteiger charge is -2.32. The molecule has 0 unspecified atom stereocenters. The molecule has 1 saturated heterocycles. The van der Waals surface area contributed by atoms with Crippen molar-refractivity contribution in [2.24, 2.45) is 0 Å². The Balaban J connectivity index is 1.30. The zero-order chi connectivity index (χ0) is 34.7. The number of esters is 1. The minimum atomic E-state index is -3.93. The summed E-state index contributed by atoms with van der Waals surface area (Å²) in [6.07, 6.45) is 6.69. The van der Waals surface area contributed by atoms with Crippen molar-refractivity contribution in [2.75, 3.05) is 18.4 Å². The van der Waals surface area contributed by atoms with Gasteiger partial charge in [0.25, 0.3) is 0 Å². The number of rotatable bonds is 9. The molecule has 2 aliphatic heterocycles. The van der Waals surface area contributed by atoms with E-state index in [2.05, 4.69) is 27.9 Å². The van der Waals surface area contributed by atoms with Crippen molar-refractivity contribution >= 4 is 39.1 Å². The quantitative estimate of drug-likeness (QED) is 0.149. The van der Waals surface area contributed by atoms with Gasteiger partial charge in [0.05, 0.1) is 4.90 Å². The van der Waals surface area contributed by atoms with Gasteiger partial charge in [-0.05, 0) is 79.6 Å². The minimum absolute atomic E-state index is 0.202. The molecular formula is C40H36N4O5S. The summed E-state index contributed by atoms with van der Waals surface area (Å²) in [6.45, 7) is 5.71. The van der Waals surface area contributed by atoms with Gasteiger partial charge in [0, 0.05) is 76.8 Å². The largest absolute Gasteiger partial charge is 0.459 e. The Hall–Kier alpha value is -5.58. The zero-order valence-corrected chi connectivity index (χ0v) is 28.4. The number of hydrogen-bond donors (Lipinski definition) is 1. The summed E-state index contributed by atoms with van der Waals surface area (Å²) in [5.41, 5.74) is 4.14.